The second kappa shape index (κ2) is 8.18. The smallest absolute Gasteiger partial charge is 0.261 e. The maximum Gasteiger partial charge on any atom is 0.261 e. The molecule has 0 aliphatic carbocycles. The molecule has 0 aliphatic heterocycles. The summed E-state index contributed by atoms with van der Waals surface area (Å²) in [5.74, 6) is -3.44. The molecule has 0 radical (unpaired) electrons. The Bertz CT molecular complexity index is 766. The van der Waals surface area contributed by atoms with Crippen LogP contribution in [-0.4, -0.2) is 24.5 Å². The first-order valence-electron chi connectivity index (χ1n) is 7.30. The molecule has 0 saturated heterocycles. The summed E-state index contributed by atoms with van der Waals surface area (Å²) in [5, 5.41) is 4.66. The van der Waals surface area contributed by atoms with E-state index in [4.69, 9.17) is 4.74 Å². The predicted molar refractivity (Wildman–Crippen MR) is 84.5 cm³/mol. The fourth-order valence-electron chi connectivity index (χ4n) is 1.86. The van der Waals surface area contributed by atoms with Crippen LogP contribution in [0.4, 0.5) is 18.9 Å². The average molecular weight is 352 g/mol. The van der Waals surface area contributed by atoms with E-state index in [0.29, 0.717) is 5.75 Å². The summed E-state index contributed by atoms with van der Waals surface area (Å²) < 4.78 is 43.9. The molecule has 0 aliphatic rings. The summed E-state index contributed by atoms with van der Waals surface area (Å²) in [6, 6.07) is 8.02. The first kappa shape index (κ1) is 18.3. The van der Waals surface area contributed by atoms with Gasteiger partial charge in [-0.15, -0.1) is 0 Å². The molecule has 25 heavy (non-hydrogen) atoms. The van der Waals surface area contributed by atoms with E-state index in [-0.39, 0.29) is 12.2 Å². The number of carbonyl (C=O) groups excluding carboxylic acids is 2. The zero-order chi connectivity index (χ0) is 18.4. The van der Waals surface area contributed by atoms with Gasteiger partial charge in [0.05, 0.1) is 6.54 Å². The van der Waals surface area contributed by atoms with Gasteiger partial charge in [0.25, 0.3) is 5.91 Å². The molecule has 0 heterocycles. The van der Waals surface area contributed by atoms with E-state index < -0.39 is 35.4 Å². The molecule has 2 aromatic carbocycles. The molecular formula is C17H15F3N2O3. The Hall–Kier alpha value is -3.03. The molecule has 2 aromatic rings. The SMILES string of the molecule is CC(Oc1ccc(F)cc1)C(=O)NCC(=O)Nc1ccc(F)c(F)c1. The molecule has 132 valence electrons. The molecule has 0 bridgehead atoms. The van der Waals surface area contributed by atoms with Crippen molar-refractivity contribution in [2.75, 3.05) is 11.9 Å². The van der Waals surface area contributed by atoms with Crippen LogP contribution >= 0.6 is 0 Å². The lowest BCUT2D eigenvalue weighted by Crippen LogP contribution is -2.40. The minimum absolute atomic E-state index is 0.0637. The lowest BCUT2D eigenvalue weighted by molar-refractivity contribution is -0.129. The molecule has 2 N–H and O–H groups in total. The number of hydrogen-bond donors (Lipinski definition) is 2. The zero-order valence-electron chi connectivity index (χ0n) is 13.2. The average Bonchev–Trinajstić information content (AvgIpc) is 2.58. The maximum atomic E-state index is 13.0. The van der Waals surface area contributed by atoms with Crippen molar-refractivity contribution in [3.05, 3.63) is 59.9 Å². The minimum atomic E-state index is -1.09. The van der Waals surface area contributed by atoms with Crippen molar-refractivity contribution >= 4 is 17.5 Å². The Kier molecular flexibility index (Phi) is 5.99. The number of ether oxygens (including phenoxy) is 1. The van der Waals surface area contributed by atoms with Crippen molar-refractivity contribution < 1.29 is 27.5 Å². The van der Waals surface area contributed by atoms with Gasteiger partial charge in [0, 0.05) is 11.8 Å². The van der Waals surface area contributed by atoms with Crippen LogP contribution in [0.5, 0.6) is 5.75 Å². The highest BCUT2D eigenvalue weighted by atomic mass is 19.2. The van der Waals surface area contributed by atoms with E-state index in [0.717, 1.165) is 12.1 Å². The summed E-state index contributed by atoms with van der Waals surface area (Å²) in [4.78, 5) is 23.6. The van der Waals surface area contributed by atoms with E-state index in [1.165, 1.54) is 37.3 Å². The van der Waals surface area contributed by atoms with Crippen LogP contribution in [-0.2, 0) is 9.59 Å². The Morgan fingerprint density at radius 1 is 1.04 bits per heavy atom. The van der Waals surface area contributed by atoms with Crippen molar-refractivity contribution in [3.8, 4) is 5.75 Å². The van der Waals surface area contributed by atoms with Crippen molar-refractivity contribution in [3.63, 3.8) is 0 Å². The second-order valence-electron chi connectivity index (χ2n) is 5.11. The zero-order valence-corrected chi connectivity index (χ0v) is 13.2. The fourth-order valence-corrected chi connectivity index (χ4v) is 1.86. The van der Waals surface area contributed by atoms with Crippen molar-refractivity contribution in [1.29, 1.82) is 0 Å². The van der Waals surface area contributed by atoms with Crippen molar-refractivity contribution in [2.24, 2.45) is 0 Å². The molecule has 1 atom stereocenters. The number of rotatable bonds is 6. The highest BCUT2D eigenvalue weighted by molar-refractivity contribution is 5.95. The Morgan fingerprint density at radius 3 is 2.36 bits per heavy atom. The topological polar surface area (TPSA) is 67.4 Å². The normalized spacial score (nSPS) is 11.5. The van der Waals surface area contributed by atoms with Crippen LogP contribution in [0, 0.1) is 17.5 Å². The first-order valence-corrected chi connectivity index (χ1v) is 7.30. The Labute approximate surface area is 141 Å². The number of hydrogen-bond acceptors (Lipinski definition) is 3. The summed E-state index contributed by atoms with van der Waals surface area (Å²) in [5.41, 5.74) is 0.0637. The highest BCUT2D eigenvalue weighted by Crippen LogP contribution is 2.14. The molecule has 2 amide bonds. The van der Waals surface area contributed by atoms with Gasteiger partial charge in [-0.25, -0.2) is 13.2 Å². The Balaban J connectivity index is 1.80. The molecule has 5 nitrogen and oxygen atoms in total. The molecule has 0 fully saturated rings. The van der Waals surface area contributed by atoms with Crippen molar-refractivity contribution in [1.82, 2.24) is 5.32 Å². The third-order valence-electron chi connectivity index (χ3n) is 3.12. The number of halogens is 3. The lowest BCUT2D eigenvalue weighted by Gasteiger charge is -2.14. The lowest BCUT2D eigenvalue weighted by atomic mass is 10.3. The van der Waals surface area contributed by atoms with Gasteiger partial charge in [0.2, 0.25) is 5.91 Å². The van der Waals surface area contributed by atoms with E-state index in [1.807, 2.05) is 0 Å². The minimum Gasteiger partial charge on any atom is -0.481 e. The van der Waals surface area contributed by atoms with Crippen LogP contribution in [0.15, 0.2) is 42.5 Å². The highest BCUT2D eigenvalue weighted by Gasteiger charge is 2.16. The predicted octanol–water partition coefficient (Wildman–Crippen LogP) is 2.63. The van der Waals surface area contributed by atoms with Crippen LogP contribution in [0.1, 0.15) is 6.92 Å². The number of carbonyl (C=O) groups is 2. The number of amides is 2. The van der Waals surface area contributed by atoms with Gasteiger partial charge < -0.3 is 15.4 Å². The molecule has 1 unspecified atom stereocenters. The monoisotopic (exact) mass is 352 g/mol. The van der Waals surface area contributed by atoms with Crippen LogP contribution in [0.25, 0.3) is 0 Å². The number of benzene rings is 2. The van der Waals surface area contributed by atoms with Gasteiger partial charge in [0.1, 0.15) is 11.6 Å². The van der Waals surface area contributed by atoms with Crippen LogP contribution < -0.4 is 15.4 Å². The van der Waals surface area contributed by atoms with Gasteiger partial charge in [-0.2, -0.15) is 0 Å². The molecule has 2 rings (SSSR count). The third-order valence-corrected chi connectivity index (χ3v) is 3.12. The third kappa shape index (κ3) is 5.52. The number of anilines is 1. The molecule has 8 heteroatoms. The summed E-state index contributed by atoms with van der Waals surface area (Å²) >= 11 is 0. The van der Waals surface area contributed by atoms with E-state index in [9.17, 15) is 22.8 Å². The maximum absolute atomic E-state index is 13.0. The Morgan fingerprint density at radius 2 is 1.72 bits per heavy atom. The standard InChI is InChI=1S/C17H15F3N2O3/c1-10(25-13-5-2-11(18)3-6-13)17(24)21-9-16(23)22-12-4-7-14(19)15(20)8-12/h2-8,10H,9H2,1H3,(H,21,24)(H,22,23). The molecular weight excluding hydrogens is 337 g/mol. The second-order valence-corrected chi connectivity index (χ2v) is 5.11. The van der Waals surface area contributed by atoms with Crippen LogP contribution in [0.3, 0.4) is 0 Å². The van der Waals surface area contributed by atoms with Gasteiger partial charge in [-0.3, -0.25) is 9.59 Å². The quantitative estimate of drug-likeness (QED) is 0.840. The molecule has 0 aromatic heterocycles. The summed E-state index contributed by atoms with van der Waals surface area (Å²) in [6.45, 7) is 1.08. The molecule has 0 spiro atoms. The summed E-state index contributed by atoms with van der Waals surface area (Å²) in [6.07, 6.45) is -0.915. The van der Waals surface area contributed by atoms with E-state index in [1.54, 1.807) is 0 Å². The summed E-state index contributed by atoms with van der Waals surface area (Å²) in [7, 11) is 0. The van der Waals surface area contributed by atoms with E-state index >= 15 is 0 Å². The largest absolute Gasteiger partial charge is 0.481 e. The van der Waals surface area contributed by atoms with Gasteiger partial charge >= 0.3 is 0 Å². The molecule has 0 saturated carbocycles. The van der Waals surface area contributed by atoms with Gasteiger partial charge in [0.15, 0.2) is 17.7 Å². The van der Waals surface area contributed by atoms with Gasteiger partial charge in [-0.05, 0) is 43.3 Å². The number of nitrogens with one attached hydrogen (secondary N) is 2. The fraction of sp³-hybridized carbons (Fsp3) is 0.176. The van der Waals surface area contributed by atoms with Crippen LogP contribution in [0.2, 0.25) is 0 Å². The first-order chi connectivity index (χ1) is 11.8. The van der Waals surface area contributed by atoms with Gasteiger partial charge in [-0.1, -0.05) is 0 Å². The van der Waals surface area contributed by atoms with Crippen molar-refractivity contribution in [2.45, 2.75) is 13.0 Å². The van der Waals surface area contributed by atoms with E-state index in [2.05, 4.69) is 10.6 Å².